The van der Waals surface area contributed by atoms with Crippen LogP contribution in [0.25, 0.3) is 0 Å². The molecule has 1 aromatic heterocycles. The second-order valence-electron chi connectivity index (χ2n) is 4.34. The first kappa shape index (κ1) is 13.9. The van der Waals surface area contributed by atoms with E-state index in [0.717, 1.165) is 10.7 Å². The van der Waals surface area contributed by atoms with Gasteiger partial charge in [0.05, 0.1) is 11.0 Å². The summed E-state index contributed by atoms with van der Waals surface area (Å²) in [5.41, 5.74) is 5.49. The normalized spacial score (nSPS) is 12.4. The van der Waals surface area contributed by atoms with Gasteiger partial charge in [0, 0.05) is 5.56 Å². The highest BCUT2D eigenvalue weighted by molar-refractivity contribution is 5.56. The molecule has 2 aromatic rings. The summed E-state index contributed by atoms with van der Waals surface area (Å²) in [7, 11) is 0. The molecule has 0 saturated carbocycles. The summed E-state index contributed by atoms with van der Waals surface area (Å²) in [5, 5.41) is 14.8. The lowest BCUT2D eigenvalue weighted by Gasteiger charge is -2.14. The maximum atomic E-state index is 13.7. The van der Waals surface area contributed by atoms with Crippen molar-refractivity contribution in [3.8, 4) is 0 Å². The number of aryl methyl sites for hydroxylation is 1. The molecule has 2 rings (SSSR count). The number of aromatic nitrogens is 2. The highest BCUT2D eigenvalue weighted by Crippen LogP contribution is 2.31. The zero-order chi connectivity index (χ0) is 15.0. The zero-order valence-electron chi connectivity index (χ0n) is 10.8. The van der Waals surface area contributed by atoms with Gasteiger partial charge in [0.1, 0.15) is 5.69 Å². The summed E-state index contributed by atoms with van der Waals surface area (Å²) in [6, 6.07) is 2.96. The number of hydrogen-bond acceptors (Lipinski definition) is 4. The minimum atomic E-state index is -1.02. The van der Waals surface area contributed by atoms with Crippen molar-refractivity contribution in [1.82, 2.24) is 9.78 Å². The fourth-order valence-corrected chi connectivity index (χ4v) is 2.05. The monoisotopic (exact) mass is 282 g/mol. The third-order valence-electron chi connectivity index (χ3n) is 3.07. The van der Waals surface area contributed by atoms with Gasteiger partial charge >= 0.3 is 5.69 Å². The van der Waals surface area contributed by atoms with Crippen LogP contribution in [-0.2, 0) is 0 Å². The van der Waals surface area contributed by atoms with Crippen molar-refractivity contribution in [2.45, 2.75) is 19.9 Å². The molecule has 0 amide bonds. The van der Waals surface area contributed by atoms with Crippen LogP contribution in [0, 0.1) is 28.7 Å². The Kier molecular flexibility index (Phi) is 3.39. The molecular formula is C12H12F2N4O2. The molecule has 2 N–H and O–H groups in total. The smallest absolute Gasteiger partial charge is 0.333 e. The Labute approximate surface area is 113 Å². The first-order valence-corrected chi connectivity index (χ1v) is 5.77. The van der Waals surface area contributed by atoms with E-state index in [1.54, 1.807) is 0 Å². The largest absolute Gasteiger partial charge is 0.378 e. The molecule has 0 aliphatic rings. The maximum Gasteiger partial charge on any atom is 0.333 e. The van der Waals surface area contributed by atoms with E-state index in [2.05, 4.69) is 5.10 Å². The molecule has 0 spiro atoms. The van der Waals surface area contributed by atoms with Gasteiger partial charge in [0.15, 0.2) is 11.6 Å². The molecule has 8 heteroatoms. The number of anilines is 1. The standard InChI is InChI=1S/C12H12F2N4O2/c1-6-11(18(19)20)12(15)17(16-6)7(2)8-4-3-5-9(13)10(8)14/h3-5,7H,15H2,1-2H3. The SMILES string of the molecule is Cc1nn(C(C)c2cccc(F)c2F)c(N)c1[N+](=O)[O-]. The average molecular weight is 282 g/mol. The number of rotatable bonds is 3. The molecule has 20 heavy (non-hydrogen) atoms. The van der Waals surface area contributed by atoms with Crippen LogP contribution in [0.3, 0.4) is 0 Å². The van der Waals surface area contributed by atoms with Crippen molar-refractivity contribution in [1.29, 1.82) is 0 Å². The van der Waals surface area contributed by atoms with Gasteiger partial charge in [0.25, 0.3) is 0 Å². The van der Waals surface area contributed by atoms with E-state index in [1.807, 2.05) is 0 Å². The zero-order valence-corrected chi connectivity index (χ0v) is 10.8. The van der Waals surface area contributed by atoms with Gasteiger partial charge in [-0.15, -0.1) is 0 Å². The molecule has 1 heterocycles. The number of nitrogen functional groups attached to an aromatic ring is 1. The fraction of sp³-hybridized carbons (Fsp3) is 0.250. The minimum absolute atomic E-state index is 0.0223. The van der Waals surface area contributed by atoms with Crippen LogP contribution in [-0.4, -0.2) is 14.7 Å². The first-order valence-electron chi connectivity index (χ1n) is 5.77. The maximum absolute atomic E-state index is 13.7. The van der Waals surface area contributed by atoms with E-state index >= 15 is 0 Å². The minimum Gasteiger partial charge on any atom is -0.378 e. The van der Waals surface area contributed by atoms with Gasteiger partial charge < -0.3 is 5.73 Å². The second kappa shape index (κ2) is 4.87. The Morgan fingerprint density at radius 2 is 2.10 bits per heavy atom. The molecule has 0 aliphatic heterocycles. The quantitative estimate of drug-likeness (QED) is 0.692. The van der Waals surface area contributed by atoms with Crippen LogP contribution in [0.4, 0.5) is 20.3 Å². The number of nitrogens with two attached hydrogens (primary N) is 1. The van der Waals surface area contributed by atoms with Gasteiger partial charge in [-0.2, -0.15) is 5.10 Å². The van der Waals surface area contributed by atoms with E-state index in [9.17, 15) is 18.9 Å². The second-order valence-corrected chi connectivity index (χ2v) is 4.34. The molecule has 0 aliphatic carbocycles. The summed E-state index contributed by atoms with van der Waals surface area (Å²) in [4.78, 5) is 10.2. The van der Waals surface area contributed by atoms with Crippen molar-refractivity contribution in [3.05, 3.63) is 51.2 Å². The number of benzene rings is 1. The lowest BCUT2D eigenvalue weighted by molar-refractivity contribution is -0.384. The van der Waals surface area contributed by atoms with Gasteiger partial charge in [-0.3, -0.25) is 10.1 Å². The lowest BCUT2D eigenvalue weighted by atomic mass is 10.1. The van der Waals surface area contributed by atoms with Crippen LogP contribution in [0.1, 0.15) is 24.2 Å². The summed E-state index contributed by atoms with van der Waals surface area (Å²) < 4.78 is 28.1. The van der Waals surface area contributed by atoms with Crippen LogP contribution < -0.4 is 5.73 Å². The van der Waals surface area contributed by atoms with Gasteiger partial charge in [-0.05, 0) is 19.9 Å². The molecule has 0 bridgehead atoms. The van der Waals surface area contributed by atoms with Crippen LogP contribution in [0.2, 0.25) is 0 Å². The number of nitrogens with zero attached hydrogens (tertiary/aromatic N) is 3. The first-order chi connectivity index (χ1) is 9.34. The molecule has 106 valence electrons. The van der Waals surface area contributed by atoms with E-state index in [0.29, 0.717) is 0 Å². The van der Waals surface area contributed by atoms with Crippen molar-refractivity contribution in [3.63, 3.8) is 0 Å². The highest BCUT2D eigenvalue weighted by Gasteiger charge is 2.27. The van der Waals surface area contributed by atoms with Crippen LogP contribution in [0.5, 0.6) is 0 Å². The van der Waals surface area contributed by atoms with E-state index in [1.165, 1.54) is 26.0 Å². The third kappa shape index (κ3) is 2.09. The fourth-order valence-electron chi connectivity index (χ4n) is 2.05. The Bertz CT molecular complexity index is 684. The molecule has 1 atom stereocenters. The summed E-state index contributed by atoms with van der Waals surface area (Å²) in [5.74, 6) is -2.20. The molecule has 6 nitrogen and oxygen atoms in total. The van der Waals surface area contributed by atoms with Crippen molar-refractivity contribution >= 4 is 11.5 Å². The topological polar surface area (TPSA) is 87.0 Å². The molecule has 1 aromatic carbocycles. The van der Waals surface area contributed by atoms with Crippen molar-refractivity contribution < 1.29 is 13.7 Å². The molecule has 1 unspecified atom stereocenters. The van der Waals surface area contributed by atoms with Gasteiger partial charge in [-0.1, -0.05) is 12.1 Å². The van der Waals surface area contributed by atoms with Gasteiger partial charge in [-0.25, -0.2) is 13.5 Å². The molecule has 0 radical (unpaired) electrons. The Morgan fingerprint density at radius 1 is 1.45 bits per heavy atom. The Morgan fingerprint density at radius 3 is 2.65 bits per heavy atom. The number of halogens is 2. The van der Waals surface area contributed by atoms with Crippen LogP contribution >= 0.6 is 0 Å². The third-order valence-corrected chi connectivity index (χ3v) is 3.07. The number of hydrogen-bond donors (Lipinski definition) is 1. The Hall–Kier alpha value is -2.51. The Balaban J connectivity index is 2.54. The van der Waals surface area contributed by atoms with E-state index in [-0.39, 0.29) is 22.8 Å². The van der Waals surface area contributed by atoms with E-state index in [4.69, 9.17) is 5.73 Å². The van der Waals surface area contributed by atoms with Crippen molar-refractivity contribution in [2.75, 3.05) is 5.73 Å². The molecule has 0 fully saturated rings. The highest BCUT2D eigenvalue weighted by atomic mass is 19.2. The molecule has 0 saturated heterocycles. The van der Waals surface area contributed by atoms with E-state index < -0.39 is 22.6 Å². The summed E-state index contributed by atoms with van der Waals surface area (Å²) >= 11 is 0. The summed E-state index contributed by atoms with van der Waals surface area (Å²) in [6.07, 6.45) is 0. The lowest BCUT2D eigenvalue weighted by Crippen LogP contribution is -2.14. The van der Waals surface area contributed by atoms with Gasteiger partial charge in [0.2, 0.25) is 5.82 Å². The van der Waals surface area contributed by atoms with Crippen molar-refractivity contribution in [2.24, 2.45) is 0 Å². The predicted molar refractivity (Wildman–Crippen MR) is 68.2 cm³/mol. The predicted octanol–water partition coefficient (Wildman–Crippen LogP) is 2.57. The average Bonchev–Trinajstić information content (AvgIpc) is 2.67. The van der Waals surface area contributed by atoms with Crippen LogP contribution in [0.15, 0.2) is 18.2 Å². The summed E-state index contributed by atoms with van der Waals surface area (Å²) in [6.45, 7) is 2.96. The molecular weight excluding hydrogens is 270 g/mol. The number of nitro groups is 1.